The van der Waals surface area contributed by atoms with E-state index in [1.807, 2.05) is 55.5 Å². The van der Waals surface area contributed by atoms with Gasteiger partial charge in [0.05, 0.1) is 11.3 Å². The number of hydrogen-bond donors (Lipinski definition) is 3. The summed E-state index contributed by atoms with van der Waals surface area (Å²) in [5, 5.41) is 17.1. The van der Waals surface area contributed by atoms with Gasteiger partial charge in [0.25, 0.3) is 5.91 Å². The lowest BCUT2D eigenvalue weighted by Gasteiger charge is -2.11. The molecule has 0 saturated heterocycles. The van der Waals surface area contributed by atoms with Crippen molar-refractivity contribution in [1.29, 1.82) is 0 Å². The molecular formula is C28H23N3O4. The van der Waals surface area contributed by atoms with Crippen molar-refractivity contribution in [1.82, 2.24) is 10.3 Å². The van der Waals surface area contributed by atoms with Gasteiger partial charge in [0, 0.05) is 30.6 Å². The van der Waals surface area contributed by atoms with Gasteiger partial charge in [0.15, 0.2) is 0 Å². The number of benzene rings is 3. The van der Waals surface area contributed by atoms with E-state index in [1.54, 1.807) is 18.5 Å². The minimum Gasteiger partial charge on any atom is -0.478 e. The van der Waals surface area contributed by atoms with E-state index in [0.717, 1.165) is 27.5 Å². The molecule has 4 rings (SSSR count). The van der Waals surface area contributed by atoms with Crippen LogP contribution in [0.2, 0.25) is 0 Å². The molecule has 0 spiro atoms. The molecule has 1 aromatic heterocycles. The van der Waals surface area contributed by atoms with Crippen molar-refractivity contribution in [3.05, 3.63) is 114 Å². The highest BCUT2D eigenvalue weighted by Gasteiger charge is 2.16. The van der Waals surface area contributed by atoms with Crippen LogP contribution in [0.15, 0.2) is 91.3 Å². The molecule has 0 fully saturated rings. The molecule has 0 aliphatic rings. The molecule has 3 aromatic carbocycles. The molecule has 174 valence electrons. The highest BCUT2D eigenvalue weighted by molar-refractivity contribution is 6.08. The van der Waals surface area contributed by atoms with E-state index in [4.69, 9.17) is 0 Å². The second kappa shape index (κ2) is 10.4. The van der Waals surface area contributed by atoms with Crippen molar-refractivity contribution >= 4 is 39.8 Å². The lowest BCUT2D eigenvalue weighted by Crippen LogP contribution is -2.23. The molecule has 0 radical (unpaired) electrons. The van der Waals surface area contributed by atoms with E-state index < -0.39 is 17.8 Å². The number of carbonyl (C=O) groups excluding carboxylic acids is 2. The van der Waals surface area contributed by atoms with Crippen molar-refractivity contribution in [2.75, 3.05) is 5.32 Å². The predicted molar refractivity (Wildman–Crippen MR) is 135 cm³/mol. The number of fused-ring (bicyclic) bond motifs is 1. The normalized spacial score (nSPS) is 11.2. The summed E-state index contributed by atoms with van der Waals surface area (Å²) >= 11 is 0. The number of anilines is 1. The Morgan fingerprint density at radius 3 is 2.43 bits per heavy atom. The maximum absolute atomic E-state index is 12.7. The average Bonchev–Trinajstić information content (AvgIpc) is 2.87. The summed E-state index contributed by atoms with van der Waals surface area (Å²) < 4.78 is 0. The van der Waals surface area contributed by atoms with Crippen molar-refractivity contribution in [3.63, 3.8) is 0 Å². The van der Waals surface area contributed by atoms with Crippen LogP contribution < -0.4 is 10.6 Å². The number of amides is 2. The number of pyridine rings is 1. The van der Waals surface area contributed by atoms with Crippen LogP contribution in [0, 0.1) is 0 Å². The lowest BCUT2D eigenvalue weighted by atomic mass is 10.0. The van der Waals surface area contributed by atoms with Gasteiger partial charge in [-0.2, -0.15) is 0 Å². The SMILES string of the molecule is C/C(=C/C(=O)Nc1cc(C(=O)NCc2cccnc2)ccc1C(=O)O)c1ccc2ccccc2c1. The number of hydrogen-bond acceptors (Lipinski definition) is 4. The lowest BCUT2D eigenvalue weighted by molar-refractivity contribution is -0.111. The molecule has 35 heavy (non-hydrogen) atoms. The number of carboxylic acids is 1. The molecular weight excluding hydrogens is 442 g/mol. The quantitative estimate of drug-likeness (QED) is 0.336. The van der Waals surface area contributed by atoms with Gasteiger partial charge in [0.2, 0.25) is 5.91 Å². The van der Waals surface area contributed by atoms with Crippen LogP contribution in [0.1, 0.15) is 38.8 Å². The minimum atomic E-state index is -1.21. The van der Waals surface area contributed by atoms with Crippen molar-refractivity contribution < 1.29 is 19.5 Å². The Balaban J connectivity index is 1.52. The number of rotatable bonds is 7. The molecule has 7 nitrogen and oxygen atoms in total. The zero-order valence-electron chi connectivity index (χ0n) is 19.0. The third-order valence-electron chi connectivity index (χ3n) is 5.50. The molecule has 7 heteroatoms. The van der Waals surface area contributed by atoms with Crippen molar-refractivity contribution in [2.45, 2.75) is 13.5 Å². The molecule has 3 N–H and O–H groups in total. The minimum absolute atomic E-state index is 0.0408. The first-order valence-corrected chi connectivity index (χ1v) is 10.9. The highest BCUT2D eigenvalue weighted by atomic mass is 16.4. The molecule has 2 amide bonds. The van der Waals surface area contributed by atoms with Gasteiger partial charge in [0.1, 0.15) is 0 Å². The summed E-state index contributed by atoms with van der Waals surface area (Å²) in [6, 6.07) is 21.5. The predicted octanol–water partition coefficient (Wildman–Crippen LogP) is 4.91. The maximum Gasteiger partial charge on any atom is 0.337 e. The number of carboxylic acid groups (broad SMARTS) is 1. The largest absolute Gasteiger partial charge is 0.478 e. The van der Waals surface area contributed by atoms with Gasteiger partial charge in [-0.15, -0.1) is 0 Å². The summed E-state index contributed by atoms with van der Waals surface area (Å²) in [5.74, 6) is -2.10. The Morgan fingerprint density at radius 1 is 0.914 bits per heavy atom. The Kier molecular flexibility index (Phi) is 6.97. The van der Waals surface area contributed by atoms with Crippen LogP contribution >= 0.6 is 0 Å². The Morgan fingerprint density at radius 2 is 1.69 bits per heavy atom. The van der Waals surface area contributed by atoms with E-state index in [1.165, 1.54) is 24.3 Å². The zero-order valence-corrected chi connectivity index (χ0v) is 19.0. The fourth-order valence-corrected chi connectivity index (χ4v) is 3.65. The van der Waals surface area contributed by atoms with Crippen LogP contribution in [0.4, 0.5) is 5.69 Å². The Bertz CT molecular complexity index is 1450. The van der Waals surface area contributed by atoms with Crippen molar-refractivity contribution in [3.8, 4) is 0 Å². The molecule has 1 heterocycles. The van der Waals surface area contributed by atoms with Crippen LogP contribution in [0.3, 0.4) is 0 Å². The molecule has 4 aromatic rings. The monoisotopic (exact) mass is 465 g/mol. The van der Waals surface area contributed by atoms with Gasteiger partial charge >= 0.3 is 5.97 Å². The first-order valence-electron chi connectivity index (χ1n) is 10.9. The number of nitrogens with one attached hydrogen (secondary N) is 2. The molecule has 0 bridgehead atoms. The zero-order chi connectivity index (χ0) is 24.8. The summed E-state index contributed by atoms with van der Waals surface area (Å²) in [6.45, 7) is 2.08. The van der Waals surface area contributed by atoms with Gasteiger partial charge in [-0.1, -0.05) is 42.5 Å². The third kappa shape index (κ3) is 5.78. The van der Waals surface area contributed by atoms with E-state index in [9.17, 15) is 19.5 Å². The van der Waals surface area contributed by atoms with Crippen LogP contribution in [0.5, 0.6) is 0 Å². The average molecular weight is 466 g/mol. The van der Waals surface area contributed by atoms with Gasteiger partial charge in [-0.3, -0.25) is 14.6 Å². The molecule has 0 aliphatic carbocycles. The number of aromatic nitrogens is 1. The van der Waals surface area contributed by atoms with Gasteiger partial charge < -0.3 is 15.7 Å². The number of carbonyl (C=O) groups is 3. The molecule has 0 saturated carbocycles. The van der Waals surface area contributed by atoms with E-state index in [2.05, 4.69) is 15.6 Å². The summed E-state index contributed by atoms with van der Waals surface area (Å²) in [5.41, 5.74) is 2.57. The molecule has 0 aliphatic heterocycles. The van der Waals surface area contributed by atoms with E-state index in [-0.39, 0.29) is 23.4 Å². The third-order valence-corrected chi connectivity index (χ3v) is 5.50. The topological polar surface area (TPSA) is 108 Å². The first kappa shape index (κ1) is 23.4. The van der Waals surface area contributed by atoms with E-state index >= 15 is 0 Å². The van der Waals surface area contributed by atoms with Crippen LogP contribution in [-0.4, -0.2) is 27.9 Å². The fourth-order valence-electron chi connectivity index (χ4n) is 3.65. The molecule has 0 atom stereocenters. The van der Waals surface area contributed by atoms with Crippen LogP contribution in [-0.2, 0) is 11.3 Å². The number of nitrogens with zero attached hydrogens (tertiary/aromatic N) is 1. The summed E-state index contributed by atoms with van der Waals surface area (Å²) in [6.07, 6.45) is 4.69. The smallest absolute Gasteiger partial charge is 0.337 e. The second-order valence-electron chi connectivity index (χ2n) is 7.99. The second-order valence-corrected chi connectivity index (χ2v) is 7.99. The van der Waals surface area contributed by atoms with Gasteiger partial charge in [-0.05, 0) is 64.7 Å². The number of allylic oxidation sites excluding steroid dienone is 1. The Labute approximate surface area is 202 Å². The molecule has 0 unspecified atom stereocenters. The standard InChI is InChI=1S/C28H23N3O4/c1-18(21-9-8-20-6-2-3-7-22(20)14-21)13-26(32)31-25-15-23(10-11-24(25)28(34)35)27(33)30-17-19-5-4-12-29-16-19/h2-16H,17H2,1H3,(H,30,33)(H,31,32)(H,34,35)/b18-13-. The number of aromatic carboxylic acids is 1. The summed E-state index contributed by atoms with van der Waals surface area (Å²) in [7, 11) is 0. The van der Waals surface area contributed by atoms with Crippen molar-refractivity contribution in [2.24, 2.45) is 0 Å². The fraction of sp³-hybridized carbons (Fsp3) is 0.0714. The summed E-state index contributed by atoms with van der Waals surface area (Å²) in [4.78, 5) is 41.0. The highest BCUT2D eigenvalue weighted by Crippen LogP contribution is 2.22. The Hall–Kier alpha value is -4.78. The maximum atomic E-state index is 12.7. The van der Waals surface area contributed by atoms with E-state index in [0.29, 0.717) is 0 Å². The van der Waals surface area contributed by atoms with Gasteiger partial charge in [-0.25, -0.2) is 4.79 Å². The van der Waals surface area contributed by atoms with Crippen LogP contribution in [0.25, 0.3) is 16.3 Å². The first-order chi connectivity index (χ1) is 16.9.